The molecule has 10 heteroatoms. The van der Waals surface area contributed by atoms with Gasteiger partial charge in [0.1, 0.15) is 0 Å². The van der Waals surface area contributed by atoms with Gasteiger partial charge in [-0.05, 0) is 108 Å². The lowest BCUT2D eigenvalue weighted by atomic mass is 9.85. The molecule has 5 heterocycles. The van der Waals surface area contributed by atoms with Crippen molar-refractivity contribution in [2.24, 2.45) is 31.8 Å². The summed E-state index contributed by atoms with van der Waals surface area (Å²) in [7, 11) is 9.87. The van der Waals surface area contributed by atoms with Gasteiger partial charge in [-0.25, -0.2) is 15.0 Å². The summed E-state index contributed by atoms with van der Waals surface area (Å²) in [6.45, 7) is 19.5. The number of nitrogens with zero attached hydrogens (tertiary/aromatic N) is 7. The van der Waals surface area contributed by atoms with Crippen LogP contribution in [0.1, 0.15) is 53.4 Å². The number of likely N-dealkylation sites (N-methyl/N-ethyl adjacent to an activating group) is 3. The maximum Gasteiger partial charge on any atom is 0.222 e. The van der Waals surface area contributed by atoms with Gasteiger partial charge in [0.05, 0.1) is 34.2 Å². The molecule has 0 saturated heterocycles. The number of carbonyl (C=O) groups is 2. The van der Waals surface area contributed by atoms with E-state index in [1.807, 2.05) is 59.5 Å². The first-order chi connectivity index (χ1) is 25.2. The molecule has 8 bridgehead atoms. The Balaban J connectivity index is 1.60. The minimum atomic E-state index is -0.0123. The highest BCUT2D eigenvalue weighted by molar-refractivity contribution is 6.20. The molecule has 0 aliphatic carbocycles. The highest BCUT2D eigenvalue weighted by atomic mass is 16.2. The summed E-state index contributed by atoms with van der Waals surface area (Å²) < 4.78 is 0. The van der Waals surface area contributed by atoms with Crippen LogP contribution in [0, 0.1) is 11.8 Å². The molecule has 0 spiro atoms. The van der Waals surface area contributed by atoms with Gasteiger partial charge < -0.3 is 20.0 Å². The van der Waals surface area contributed by atoms with E-state index < -0.39 is 0 Å². The molecule has 0 fully saturated rings. The van der Waals surface area contributed by atoms with Crippen LogP contribution in [0.25, 0.3) is 0 Å². The number of fused-ring (bicyclic) bond motifs is 4. The van der Waals surface area contributed by atoms with Crippen LogP contribution in [0.4, 0.5) is 0 Å². The van der Waals surface area contributed by atoms with Gasteiger partial charge in [-0.3, -0.25) is 14.6 Å². The van der Waals surface area contributed by atoms with Gasteiger partial charge in [-0.15, -0.1) is 0 Å². The highest BCUT2D eigenvalue weighted by Gasteiger charge is 2.34. The lowest BCUT2D eigenvalue weighted by Crippen LogP contribution is -2.33. The van der Waals surface area contributed by atoms with Gasteiger partial charge in [0.15, 0.2) is 0 Å². The maximum absolute atomic E-state index is 13.3. The summed E-state index contributed by atoms with van der Waals surface area (Å²) in [4.78, 5) is 52.8. The fourth-order valence-corrected chi connectivity index (χ4v) is 7.16. The second-order valence-electron chi connectivity index (χ2n) is 15.0. The molecule has 0 saturated carbocycles. The van der Waals surface area contributed by atoms with Crippen LogP contribution in [-0.2, 0) is 9.59 Å². The largest absolute Gasteiger partial charge is 0.355 e. The van der Waals surface area contributed by atoms with E-state index in [0.29, 0.717) is 38.8 Å². The summed E-state index contributed by atoms with van der Waals surface area (Å²) in [6.07, 6.45) is 13.8. The van der Waals surface area contributed by atoms with Crippen LogP contribution in [0.5, 0.6) is 0 Å². The molecule has 1 N–H and O–H groups in total. The van der Waals surface area contributed by atoms with Gasteiger partial charge in [-0.1, -0.05) is 32.2 Å². The van der Waals surface area contributed by atoms with E-state index in [2.05, 4.69) is 68.1 Å². The molecule has 2 unspecified atom stereocenters. The van der Waals surface area contributed by atoms with E-state index >= 15 is 0 Å². The quantitative estimate of drug-likeness (QED) is 0.232. The van der Waals surface area contributed by atoms with Crippen LogP contribution >= 0.6 is 0 Å². The van der Waals surface area contributed by atoms with E-state index in [-0.39, 0.29) is 23.7 Å². The SMILES string of the molecule is C=CC1=C(C)C2=CC3=NC(=CC4=NC(=CC5=NC(=CC1=N2)C(C)=C5C=C)C(C)=C4CCC(=O)N(C)CCN(C)C)C(CCC(=O)NCCN(C)C)C3C. The number of carbonyl (C=O) groups excluding carboxylic acids is 2. The molecule has 0 aromatic rings. The molecule has 0 aromatic carbocycles. The fourth-order valence-electron chi connectivity index (χ4n) is 7.16. The molecule has 0 radical (unpaired) electrons. The number of hydrogen-bond donors (Lipinski definition) is 1. The first-order valence-corrected chi connectivity index (χ1v) is 18.6. The number of hydrogen-bond acceptors (Lipinski definition) is 8. The smallest absolute Gasteiger partial charge is 0.222 e. The number of nitrogens with one attached hydrogen (secondary N) is 1. The van der Waals surface area contributed by atoms with Gasteiger partial charge in [0.25, 0.3) is 0 Å². The lowest BCUT2D eigenvalue weighted by Gasteiger charge is -2.20. The van der Waals surface area contributed by atoms with Gasteiger partial charge in [0.2, 0.25) is 11.8 Å². The zero-order valence-corrected chi connectivity index (χ0v) is 33.1. The minimum absolute atomic E-state index is 0.0123. The average molecular weight is 717 g/mol. The molecule has 2 atom stereocenters. The van der Waals surface area contributed by atoms with Crippen molar-refractivity contribution in [3.8, 4) is 0 Å². The second kappa shape index (κ2) is 16.9. The Morgan fingerprint density at radius 1 is 0.736 bits per heavy atom. The topological polar surface area (TPSA) is 105 Å². The summed E-state index contributed by atoms with van der Waals surface area (Å²) >= 11 is 0. The predicted molar refractivity (Wildman–Crippen MR) is 219 cm³/mol. The molecular weight excluding hydrogens is 661 g/mol. The van der Waals surface area contributed by atoms with Crippen molar-refractivity contribution >= 4 is 34.7 Å². The third-order valence-electron chi connectivity index (χ3n) is 10.7. The molecular formula is C43H56N8O2. The monoisotopic (exact) mass is 716 g/mol. The van der Waals surface area contributed by atoms with Crippen LogP contribution < -0.4 is 5.32 Å². The molecule has 10 nitrogen and oxygen atoms in total. The Labute approximate surface area is 316 Å². The summed E-state index contributed by atoms with van der Waals surface area (Å²) in [5.41, 5.74) is 12.6. The summed E-state index contributed by atoms with van der Waals surface area (Å²) in [5, 5.41) is 3.07. The third kappa shape index (κ3) is 8.88. The van der Waals surface area contributed by atoms with Crippen LogP contribution in [-0.4, -0.2) is 111 Å². The Morgan fingerprint density at radius 2 is 1.30 bits per heavy atom. The van der Waals surface area contributed by atoms with E-state index in [4.69, 9.17) is 20.0 Å². The molecule has 5 aliphatic rings. The second-order valence-corrected chi connectivity index (χ2v) is 15.0. The van der Waals surface area contributed by atoms with E-state index in [1.165, 1.54) is 0 Å². The summed E-state index contributed by atoms with van der Waals surface area (Å²) in [6, 6.07) is 0. The zero-order chi connectivity index (χ0) is 38.6. The molecule has 280 valence electrons. The summed E-state index contributed by atoms with van der Waals surface area (Å²) in [5.74, 6) is 0.151. The van der Waals surface area contributed by atoms with Crippen LogP contribution in [0.3, 0.4) is 0 Å². The lowest BCUT2D eigenvalue weighted by molar-refractivity contribution is -0.130. The van der Waals surface area contributed by atoms with Crippen molar-refractivity contribution in [2.75, 3.05) is 61.4 Å². The number of rotatable bonds is 14. The van der Waals surface area contributed by atoms with Crippen LogP contribution in [0.15, 0.2) is 126 Å². The Hall–Kier alpha value is -4.80. The van der Waals surface area contributed by atoms with Crippen molar-refractivity contribution in [2.45, 2.75) is 53.4 Å². The number of aliphatic imine (C=N–C) groups is 4. The molecule has 0 aromatic heterocycles. The molecule has 53 heavy (non-hydrogen) atoms. The fraction of sp³-hybridized carbons (Fsp3) is 0.442. The Bertz CT molecular complexity index is 1940. The normalized spacial score (nSPS) is 21.0. The van der Waals surface area contributed by atoms with Crippen LogP contribution in [0.2, 0.25) is 0 Å². The number of amides is 2. The van der Waals surface area contributed by atoms with Crippen molar-refractivity contribution in [1.29, 1.82) is 0 Å². The Morgan fingerprint density at radius 3 is 1.89 bits per heavy atom. The molecule has 5 rings (SSSR count). The highest BCUT2D eigenvalue weighted by Crippen LogP contribution is 2.39. The van der Waals surface area contributed by atoms with Crippen molar-refractivity contribution in [3.05, 3.63) is 106 Å². The number of allylic oxidation sites excluding steroid dienone is 13. The first kappa shape index (κ1) is 39.4. The average Bonchev–Trinajstić information content (AvgIpc) is 3.77. The van der Waals surface area contributed by atoms with Gasteiger partial charge >= 0.3 is 0 Å². The van der Waals surface area contributed by atoms with Crippen molar-refractivity contribution < 1.29 is 9.59 Å². The predicted octanol–water partition coefficient (Wildman–Crippen LogP) is 6.19. The van der Waals surface area contributed by atoms with Gasteiger partial charge in [-0.2, -0.15) is 0 Å². The zero-order valence-electron chi connectivity index (χ0n) is 33.1. The molecule has 5 aliphatic heterocycles. The van der Waals surface area contributed by atoms with Crippen molar-refractivity contribution in [1.82, 2.24) is 20.0 Å². The standard InChI is InChI=1S/C43H56N8O2/c1-12-30-26(3)34-22-35-28(5)32(14-16-42(52)44-18-19-49(7)8)40(47-35)25-41-33(15-17-43(53)51(11)21-20-50(9)10)29(6)37(48-41)24-39-31(13-2)27(4)36(46-39)23-38(30)45-34/h12-13,22-25,28,32H,1-2,14-21H2,3-11H3,(H,44,52). The van der Waals surface area contributed by atoms with E-state index in [0.717, 1.165) is 92.2 Å². The Kier molecular flexibility index (Phi) is 12.6. The maximum atomic E-state index is 13.3. The van der Waals surface area contributed by atoms with E-state index in [9.17, 15) is 9.59 Å². The van der Waals surface area contributed by atoms with E-state index in [1.54, 1.807) is 4.90 Å². The first-order valence-electron chi connectivity index (χ1n) is 18.6. The molecule has 2 amide bonds. The third-order valence-corrected chi connectivity index (χ3v) is 10.7. The van der Waals surface area contributed by atoms with Crippen molar-refractivity contribution in [3.63, 3.8) is 0 Å². The minimum Gasteiger partial charge on any atom is -0.355 e. The van der Waals surface area contributed by atoms with Gasteiger partial charge in [0, 0.05) is 80.5 Å².